The van der Waals surface area contributed by atoms with Gasteiger partial charge in [0.15, 0.2) is 17.3 Å². The Labute approximate surface area is 157 Å². The van der Waals surface area contributed by atoms with Gasteiger partial charge in [-0.2, -0.15) is 0 Å². The number of Topliss-reactive ketones (excluding diaryl/α,β-unsaturated/α-hetero) is 1. The van der Waals surface area contributed by atoms with Gasteiger partial charge in [0, 0.05) is 41.2 Å². The molecule has 0 unspecified atom stereocenters. The molecule has 0 aliphatic carbocycles. The molecule has 1 aliphatic heterocycles. The average molecular weight is 373 g/mol. The molecular weight excluding hydrogens is 350 g/mol. The van der Waals surface area contributed by atoms with E-state index in [2.05, 4.69) is 0 Å². The van der Waals surface area contributed by atoms with Crippen LogP contribution in [-0.2, 0) is 11.3 Å². The fourth-order valence-corrected chi connectivity index (χ4v) is 4.00. The minimum absolute atomic E-state index is 0.0110. The third-order valence-corrected chi connectivity index (χ3v) is 5.42. The van der Waals surface area contributed by atoms with Gasteiger partial charge in [-0.05, 0) is 44.5 Å². The lowest BCUT2D eigenvalue weighted by atomic mass is 10.1. The van der Waals surface area contributed by atoms with Crippen molar-refractivity contribution < 1.29 is 19.1 Å². The quantitative estimate of drug-likeness (QED) is 0.686. The van der Waals surface area contributed by atoms with Crippen molar-refractivity contribution in [1.29, 1.82) is 0 Å². The van der Waals surface area contributed by atoms with Gasteiger partial charge in [0.05, 0.1) is 0 Å². The van der Waals surface area contributed by atoms with E-state index in [1.54, 1.807) is 16.2 Å². The first kappa shape index (κ1) is 18.5. The maximum absolute atomic E-state index is 12.6. The van der Waals surface area contributed by atoms with Gasteiger partial charge in [0.2, 0.25) is 12.7 Å². The summed E-state index contributed by atoms with van der Waals surface area (Å²) in [7, 11) is 0. The third-order valence-electron chi connectivity index (χ3n) is 4.45. The predicted octanol–water partition coefficient (Wildman–Crippen LogP) is 4.11. The van der Waals surface area contributed by atoms with E-state index in [9.17, 15) is 9.59 Å². The molecule has 2 aromatic rings. The summed E-state index contributed by atoms with van der Waals surface area (Å²) in [5.74, 6) is 1.47. The van der Waals surface area contributed by atoms with Crippen LogP contribution in [0.4, 0.5) is 0 Å². The summed E-state index contributed by atoms with van der Waals surface area (Å²) in [6.45, 7) is 7.21. The minimum Gasteiger partial charge on any atom is -0.454 e. The highest BCUT2D eigenvalue weighted by Crippen LogP contribution is 2.32. The van der Waals surface area contributed by atoms with Gasteiger partial charge in [-0.25, -0.2) is 0 Å². The fraction of sp³-hybridized carbons (Fsp3) is 0.400. The molecule has 0 spiro atoms. The number of hydrogen-bond acceptors (Lipinski definition) is 5. The number of nitrogens with zero attached hydrogens (tertiary/aromatic N) is 1. The van der Waals surface area contributed by atoms with Crippen molar-refractivity contribution in [2.24, 2.45) is 0 Å². The lowest BCUT2D eigenvalue weighted by Gasteiger charge is -2.21. The number of amides is 1. The lowest BCUT2D eigenvalue weighted by molar-refractivity contribution is -0.131. The molecule has 0 bridgehead atoms. The van der Waals surface area contributed by atoms with Crippen molar-refractivity contribution in [1.82, 2.24) is 4.90 Å². The summed E-state index contributed by atoms with van der Waals surface area (Å²) in [4.78, 5) is 28.8. The Kier molecular flexibility index (Phi) is 5.61. The summed E-state index contributed by atoms with van der Waals surface area (Å²) in [5.41, 5.74) is 1.74. The van der Waals surface area contributed by atoms with Crippen molar-refractivity contribution in [3.63, 3.8) is 0 Å². The molecular formula is C20H23NO4S. The number of carbonyl (C=O) groups is 2. The molecule has 0 radical (unpaired) electrons. The molecule has 5 nitrogen and oxygen atoms in total. The molecule has 0 saturated carbocycles. The Balaban J connectivity index is 1.58. The van der Waals surface area contributed by atoms with Gasteiger partial charge in [-0.3, -0.25) is 9.59 Å². The summed E-state index contributed by atoms with van der Waals surface area (Å²) in [6, 6.07) is 7.62. The van der Waals surface area contributed by atoms with Crippen molar-refractivity contribution in [2.45, 2.75) is 40.2 Å². The molecule has 1 amide bonds. The smallest absolute Gasteiger partial charge is 0.231 e. The maximum atomic E-state index is 12.6. The highest BCUT2D eigenvalue weighted by atomic mass is 32.1. The summed E-state index contributed by atoms with van der Waals surface area (Å²) in [6.07, 6.45) is 0.471. The van der Waals surface area contributed by atoms with Gasteiger partial charge in [-0.1, -0.05) is 6.07 Å². The Morgan fingerprint density at radius 2 is 1.88 bits per heavy atom. The number of ether oxygens (including phenoxy) is 2. The zero-order valence-corrected chi connectivity index (χ0v) is 16.1. The number of carbonyl (C=O) groups excluding carboxylic acids is 2. The third kappa shape index (κ3) is 4.07. The van der Waals surface area contributed by atoms with E-state index < -0.39 is 0 Å². The van der Waals surface area contributed by atoms with Gasteiger partial charge in [0.1, 0.15) is 0 Å². The topological polar surface area (TPSA) is 55.8 Å². The average Bonchev–Trinajstić information content (AvgIpc) is 3.22. The first-order valence-electron chi connectivity index (χ1n) is 8.74. The fourth-order valence-electron chi connectivity index (χ4n) is 3.06. The van der Waals surface area contributed by atoms with Crippen LogP contribution in [0.2, 0.25) is 0 Å². The molecule has 0 N–H and O–H groups in total. The first-order chi connectivity index (χ1) is 12.5. The van der Waals surface area contributed by atoms with Crippen LogP contribution in [0.15, 0.2) is 24.3 Å². The Morgan fingerprint density at radius 1 is 1.12 bits per heavy atom. The SMILES string of the molecule is CCN(Cc1ccc2c(c1)OCO2)C(=O)CCC(=O)c1cc(C)sc1C. The predicted molar refractivity (Wildman–Crippen MR) is 101 cm³/mol. The molecule has 6 heteroatoms. The van der Waals surface area contributed by atoms with Crippen molar-refractivity contribution in [3.8, 4) is 11.5 Å². The van der Waals surface area contributed by atoms with E-state index in [4.69, 9.17) is 9.47 Å². The van der Waals surface area contributed by atoms with Gasteiger partial charge in [-0.15, -0.1) is 11.3 Å². The molecule has 1 aromatic heterocycles. The van der Waals surface area contributed by atoms with Gasteiger partial charge in [0.25, 0.3) is 0 Å². The van der Waals surface area contributed by atoms with E-state index in [0.29, 0.717) is 18.8 Å². The number of ketones is 1. The minimum atomic E-state index is -0.0110. The van der Waals surface area contributed by atoms with Crippen LogP contribution in [0, 0.1) is 13.8 Å². The largest absolute Gasteiger partial charge is 0.454 e. The molecule has 0 fully saturated rings. The van der Waals surface area contributed by atoms with Crippen LogP contribution in [0.5, 0.6) is 11.5 Å². The second kappa shape index (κ2) is 7.91. The molecule has 138 valence electrons. The molecule has 2 heterocycles. The van der Waals surface area contributed by atoms with Crippen LogP contribution in [-0.4, -0.2) is 29.9 Å². The lowest BCUT2D eigenvalue weighted by Crippen LogP contribution is -2.30. The van der Waals surface area contributed by atoms with E-state index >= 15 is 0 Å². The monoisotopic (exact) mass is 373 g/mol. The second-order valence-electron chi connectivity index (χ2n) is 6.35. The number of hydrogen-bond donors (Lipinski definition) is 0. The number of aryl methyl sites for hydroxylation is 2. The summed E-state index contributed by atoms with van der Waals surface area (Å²) < 4.78 is 10.7. The number of fused-ring (bicyclic) bond motifs is 1. The highest BCUT2D eigenvalue weighted by Gasteiger charge is 2.19. The van der Waals surface area contributed by atoms with Crippen molar-refractivity contribution >= 4 is 23.0 Å². The van der Waals surface area contributed by atoms with Crippen LogP contribution >= 0.6 is 11.3 Å². The van der Waals surface area contributed by atoms with Crippen molar-refractivity contribution in [3.05, 3.63) is 45.1 Å². The zero-order valence-electron chi connectivity index (χ0n) is 15.3. The zero-order chi connectivity index (χ0) is 18.7. The Bertz CT molecular complexity index is 827. The van der Waals surface area contributed by atoms with Crippen LogP contribution in [0.1, 0.15) is 45.4 Å². The Hall–Kier alpha value is -2.34. The molecule has 3 rings (SSSR count). The van der Waals surface area contributed by atoms with Crippen LogP contribution < -0.4 is 9.47 Å². The number of benzene rings is 1. The van der Waals surface area contributed by atoms with Crippen molar-refractivity contribution in [2.75, 3.05) is 13.3 Å². The molecule has 1 aromatic carbocycles. The van der Waals surface area contributed by atoms with E-state index in [0.717, 1.165) is 26.6 Å². The number of thiophene rings is 1. The van der Waals surface area contributed by atoms with Gasteiger partial charge >= 0.3 is 0 Å². The standard InChI is InChI=1S/C20H23NO4S/c1-4-21(11-15-5-7-18-19(10-15)25-12-24-18)20(23)8-6-17(22)16-9-13(2)26-14(16)3/h5,7,9-10H,4,6,8,11-12H2,1-3H3. The maximum Gasteiger partial charge on any atom is 0.231 e. The molecule has 0 atom stereocenters. The van der Waals surface area contributed by atoms with Gasteiger partial charge < -0.3 is 14.4 Å². The van der Waals surface area contributed by atoms with Crippen LogP contribution in [0.25, 0.3) is 0 Å². The van der Waals surface area contributed by atoms with E-state index in [1.165, 1.54) is 0 Å². The second-order valence-corrected chi connectivity index (χ2v) is 7.81. The normalized spacial score (nSPS) is 12.3. The summed E-state index contributed by atoms with van der Waals surface area (Å²) >= 11 is 1.62. The Morgan fingerprint density at radius 3 is 2.58 bits per heavy atom. The van der Waals surface area contributed by atoms with E-state index in [-0.39, 0.29) is 31.3 Å². The molecule has 1 aliphatic rings. The highest BCUT2D eigenvalue weighted by molar-refractivity contribution is 7.12. The number of rotatable bonds is 7. The van der Waals surface area contributed by atoms with Crippen LogP contribution in [0.3, 0.4) is 0 Å². The summed E-state index contributed by atoms with van der Waals surface area (Å²) in [5, 5.41) is 0. The van der Waals surface area contributed by atoms with E-state index in [1.807, 2.05) is 45.0 Å². The molecule has 26 heavy (non-hydrogen) atoms. The molecule has 0 saturated heterocycles. The first-order valence-corrected chi connectivity index (χ1v) is 9.56.